The number of nitrogens with zero attached hydrogens (tertiary/aromatic N) is 2. The lowest BCUT2D eigenvalue weighted by atomic mass is 10.2. The number of hydrogen-bond donors (Lipinski definition) is 1. The molecule has 0 aliphatic carbocycles. The van der Waals surface area contributed by atoms with Crippen molar-refractivity contribution in [3.05, 3.63) is 80.7 Å². The van der Waals surface area contributed by atoms with Crippen LogP contribution in [-0.4, -0.2) is 18.2 Å². The Morgan fingerprint density at radius 2 is 1.55 bits per heavy atom. The van der Waals surface area contributed by atoms with E-state index in [0.717, 1.165) is 28.9 Å². The van der Waals surface area contributed by atoms with Crippen LogP contribution in [0.1, 0.15) is 5.56 Å². The van der Waals surface area contributed by atoms with E-state index in [9.17, 15) is 26.4 Å². The zero-order valence-corrected chi connectivity index (χ0v) is 16.4. The highest BCUT2D eigenvalue weighted by atomic mass is 35.5. The quantitative estimate of drug-likeness (QED) is 0.623. The summed E-state index contributed by atoms with van der Waals surface area (Å²) in [5.41, 5.74) is -1.38. The van der Waals surface area contributed by atoms with Crippen LogP contribution >= 0.6 is 23.2 Å². The number of anilines is 1. The molecule has 6 nitrogen and oxygen atoms in total. The minimum atomic E-state index is -4.52. The van der Waals surface area contributed by atoms with Crippen LogP contribution in [0, 0.1) is 0 Å². The highest BCUT2D eigenvalue weighted by Gasteiger charge is 2.30. The average Bonchev–Trinajstić information content (AvgIpc) is 2.66. The maximum Gasteiger partial charge on any atom is 0.416 e. The normalized spacial score (nSPS) is 12.0. The van der Waals surface area contributed by atoms with Gasteiger partial charge >= 0.3 is 6.18 Å². The summed E-state index contributed by atoms with van der Waals surface area (Å²) in [5, 5.41) is 3.57. The van der Waals surface area contributed by atoms with E-state index in [1.54, 1.807) is 0 Å². The Hall–Kier alpha value is -2.56. The van der Waals surface area contributed by atoms with Gasteiger partial charge in [-0.05, 0) is 48.5 Å². The lowest BCUT2D eigenvalue weighted by Crippen LogP contribution is -2.21. The number of alkyl halides is 3. The van der Waals surface area contributed by atoms with E-state index in [1.807, 2.05) is 0 Å². The molecule has 0 spiro atoms. The van der Waals surface area contributed by atoms with Gasteiger partial charge in [0.15, 0.2) is 0 Å². The predicted octanol–water partition coefficient (Wildman–Crippen LogP) is 4.36. The van der Waals surface area contributed by atoms with Gasteiger partial charge in [0, 0.05) is 5.69 Å². The summed E-state index contributed by atoms with van der Waals surface area (Å²) in [5.74, 6) is 0. The molecule has 1 heterocycles. The lowest BCUT2D eigenvalue weighted by molar-refractivity contribution is -0.137. The second-order valence-corrected chi connectivity index (χ2v) is 8.17. The fourth-order valence-corrected chi connectivity index (χ4v) is 3.62. The molecule has 0 saturated carbocycles. The van der Waals surface area contributed by atoms with Crippen molar-refractivity contribution >= 4 is 38.9 Å². The molecule has 152 valence electrons. The SMILES string of the molecule is O=c1c(Cl)c(Cl)cnn1-c1ccc(S(=O)(=O)Nc2ccc(C(F)(F)F)cc2)cc1. The summed E-state index contributed by atoms with van der Waals surface area (Å²) in [6.45, 7) is 0. The molecule has 0 atom stereocenters. The molecule has 3 aromatic rings. The monoisotopic (exact) mass is 463 g/mol. The molecule has 2 aromatic carbocycles. The number of rotatable bonds is 4. The zero-order chi connectivity index (χ0) is 21.4. The third-order valence-corrected chi connectivity index (χ3v) is 5.88. The average molecular weight is 464 g/mol. The standard InChI is InChI=1S/C17H10Cl2F3N3O3S/c18-14-9-23-25(16(26)15(14)19)12-5-7-13(8-6-12)29(27,28)24-11-3-1-10(2-4-11)17(20,21)22/h1-9,24H. The first kappa shape index (κ1) is 21.2. The zero-order valence-electron chi connectivity index (χ0n) is 14.1. The van der Waals surface area contributed by atoms with Crippen LogP contribution < -0.4 is 10.3 Å². The van der Waals surface area contributed by atoms with E-state index in [4.69, 9.17) is 23.2 Å². The van der Waals surface area contributed by atoms with E-state index < -0.39 is 27.3 Å². The molecule has 0 aliphatic heterocycles. The maximum atomic E-state index is 12.6. The lowest BCUT2D eigenvalue weighted by Gasteiger charge is -2.11. The highest BCUT2D eigenvalue weighted by molar-refractivity contribution is 7.92. The summed E-state index contributed by atoms with van der Waals surface area (Å²) >= 11 is 11.5. The van der Waals surface area contributed by atoms with Gasteiger partial charge in [-0.25, -0.2) is 8.42 Å². The molecule has 0 unspecified atom stereocenters. The Morgan fingerprint density at radius 3 is 2.10 bits per heavy atom. The summed E-state index contributed by atoms with van der Waals surface area (Å²) < 4.78 is 65.8. The summed E-state index contributed by atoms with van der Waals surface area (Å²) in [6.07, 6.45) is -3.36. The first-order valence-corrected chi connectivity index (χ1v) is 9.97. The second-order valence-electron chi connectivity index (χ2n) is 5.70. The summed E-state index contributed by atoms with van der Waals surface area (Å²) in [4.78, 5) is 11.9. The molecule has 0 saturated heterocycles. The molecule has 0 aliphatic rings. The molecule has 3 rings (SSSR count). The molecular weight excluding hydrogens is 454 g/mol. The van der Waals surface area contributed by atoms with Gasteiger partial charge in [-0.1, -0.05) is 23.2 Å². The number of halogens is 5. The van der Waals surface area contributed by atoms with Gasteiger partial charge in [0.05, 0.1) is 27.4 Å². The Labute approximate surface area is 172 Å². The molecule has 0 amide bonds. The molecule has 1 N–H and O–H groups in total. The number of sulfonamides is 1. The van der Waals surface area contributed by atoms with Crippen LogP contribution in [-0.2, 0) is 16.2 Å². The minimum Gasteiger partial charge on any atom is -0.280 e. The van der Waals surface area contributed by atoms with Crippen molar-refractivity contribution in [3.63, 3.8) is 0 Å². The van der Waals surface area contributed by atoms with E-state index in [2.05, 4.69) is 9.82 Å². The van der Waals surface area contributed by atoms with Crippen LogP contribution in [0.25, 0.3) is 5.69 Å². The van der Waals surface area contributed by atoms with E-state index >= 15 is 0 Å². The highest BCUT2D eigenvalue weighted by Crippen LogP contribution is 2.30. The first-order valence-electron chi connectivity index (χ1n) is 7.73. The largest absolute Gasteiger partial charge is 0.416 e. The summed E-state index contributed by atoms with van der Waals surface area (Å²) in [6, 6.07) is 8.60. The minimum absolute atomic E-state index is 0.0205. The van der Waals surface area contributed by atoms with Gasteiger partial charge in [0.2, 0.25) is 0 Å². The molecule has 29 heavy (non-hydrogen) atoms. The molecule has 0 bridgehead atoms. The van der Waals surface area contributed by atoms with Crippen molar-refractivity contribution in [2.75, 3.05) is 4.72 Å². The van der Waals surface area contributed by atoms with Crippen molar-refractivity contribution in [1.82, 2.24) is 9.78 Å². The van der Waals surface area contributed by atoms with E-state index in [-0.39, 0.29) is 26.3 Å². The molecule has 1 aromatic heterocycles. The van der Waals surface area contributed by atoms with Gasteiger partial charge in [0.1, 0.15) is 5.02 Å². The van der Waals surface area contributed by atoms with Crippen LogP contribution in [0.4, 0.5) is 18.9 Å². The van der Waals surface area contributed by atoms with Gasteiger partial charge in [-0.15, -0.1) is 0 Å². The Kier molecular flexibility index (Phi) is 5.61. The van der Waals surface area contributed by atoms with Crippen LogP contribution in [0.5, 0.6) is 0 Å². The molecule has 12 heteroatoms. The van der Waals surface area contributed by atoms with E-state index in [0.29, 0.717) is 0 Å². The van der Waals surface area contributed by atoms with Crippen molar-refractivity contribution < 1.29 is 21.6 Å². The fraction of sp³-hybridized carbons (Fsp3) is 0.0588. The number of hydrogen-bond acceptors (Lipinski definition) is 4. The van der Waals surface area contributed by atoms with Crippen molar-refractivity contribution in [3.8, 4) is 5.69 Å². The Morgan fingerprint density at radius 1 is 0.966 bits per heavy atom. The molecular formula is C17H10Cl2F3N3O3S. The second kappa shape index (κ2) is 7.69. The Bertz CT molecular complexity index is 1210. The van der Waals surface area contributed by atoms with Crippen molar-refractivity contribution in [1.29, 1.82) is 0 Å². The van der Waals surface area contributed by atoms with Crippen LogP contribution in [0.2, 0.25) is 10.0 Å². The van der Waals surface area contributed by atoms with Gasteiger partial charge in [0.25, 0.3) is 15.6 Å². The smallest absolute Gasteiger partial charge is 0.280 e. The fourth-order valence-electron chi connectivity index (χ4n) is 2.30. The van der Waals surface area contributed by atoms with Gasteiger partial charge < -0.3 is 0 Å². The Balaban J connectivity index is 1.85. The number of benzene rings is 2. The predicted molar refractivity (Wildman–Crippen MR) is 102 cm³/mol. The summed E-state index contributed by atoms with van der Waals surface area (Å²) in [7, 11) is -4.07. The number of nitrogens with one attached hydrogen (secondary N) is 1. The third kappa shape index (κ3) is 4.55. The van der Waals surface area contributed by atoms with E-state index in [1.165, 1.54) is 30.5 Å². The van der Waals surface area contributed by atoms with Gasteiger partial charge in [-0.3, -0.25) is 9.52 Å². The first-order chi connectivity index (χ1) is 13.5. The van der Waals surface area contributed by atoms with Crippen LogP contribution in [0.15, 0.2) is 64.4 Å². The van der Waals surface area contributed by atoms with Crippen LogP contribution in [0.3, 0.4) is 0 Å². The van der Waals surface area contributed by atoms with Crippen molar-refractivity contribution in [2.45, 2.75) is 11.1 Å². The number of aromatic nitrogens is 2. The van der Waals surface area contributed by atoms with Gasteiger partial charge in [-0.2, -0.15) is 23.0 Å². The third-order valence-electron chi connectivity index (χ3n) is 3.73. The molecule has 0 radical (unpaired) electrons. The maximum absolute atomic E-state index is 12.6. The van der Waals surface area contributed by atoms with Crippen molar-refractivity contribution in [2.24, 2.45) is 0 Å². The molecule has 0 fully saturated rings. The topological polar surface area (TPSA) is 81.1 Å².